The topological polar surface area (TPSA) is 32.3 Å². The van der Waals surface area contributed by atoms with Crippen LogP contribution >= 0.6 is 0 Å². The largest absolute Gasteiger partial charge is 0.338 e. The van der Waals surface area contributed by atoms with Crippen molar-refractivity contribution in [2.45, 2.75) is 32.1 Å². The monoisotopic (exact) mass is 272 g/mol. The van der Waals surface area contributed by atoms with Crippen molar-refractivity contribution in [3.8, 4) is 0 Å². The van der Waals surface area contributed by atoms with Crippen molar-refractivity contribution in [3.05, 3.63) is 35.9 Å². The molecule has 2 unspecified atom stereocenters. The Kier molecular flexibility index (Phi) is 4.24. The first kappa shape index (κ1) is 13.5. The van der Waals surface area contributed by atoms with Crippen LogP contribution in [0.25, 0.3) is 0 Å². The Morgan fingerprint density at radius 2 is 1.75 bits per heavy atom. The molecule has 1 saturated heterocycles. The van der Waals surface area contributed by atoms with E-state index in [4.69, 9.17) is 0 Å². The molecule has 0 spiro atoms. The van der Waals surface area contributed by atoms with Crippen molar-refractivity contribution in [1.29, 1.82) is 0 Å². The van der Waals surface area contributed by atoms with Crippen molar-refractivity contribution >= 4 is 6.03 Å². The number of nitrogens with one attached hydrogen (secondary N) is 1. The number of benzene rings is 1. The molecule has 0 bridgehead atoms. The summed E-state index contributed by atoms with van der Waals surface area (Å²) in [6, 6.07) is 10.5. The minimum atomic E-state index is 0.135. The van der Waals surface area contributed by atoms with Gasteiger partial charge < -0.3 is 10.2 Å². The van der Waals surface area contributed by atoms with E-state index >= 15 is 0 Å². The molecule has 108 valence electrons. The molecule has 2 aliphatic rings. The number of urea groups is 1. The second kappa shape index (κ2) is 6.29. The van der Waals surface area contributed by atoms with Gasteiger partial charge in [-0.3, -0.25) is 0 Å². The quantitative estimate of drug-likeness (QED) is 0.901. The highest BCUT2D eigenvalue weighted by atomic mass is 16.2. The summed E-state index contributed by atoms with van der Waals surface area (Å²) >= 11 is 0. The number of rotatable bonds is 3. The van der Waals surface area contributed by atoms with E-state index < -0.39 is 0 Å². The van der Waals surface area contributed by atoms with Gasteiger partial charge in [0.05, 0.1) is 0 Å². The highest BCUT2D eigenvalue weighted by Gasteiger charge is 2.36. The van der Waals surface area contributed by atoms with E-state index in [1.165, 1.54) is 31.2 Å². The fourth-order valence-electron chi connectivity index (χ4n) is 3.64. The molecule has 1 aliphatic heterocycles. The summed E-state index contributed by atoms with van der Waals surface area (Å²) in [5.41, 5.74) is 1.28. The summed E-state index contributed by atoms with van der Waals surface area (Å²) in [5, 5.41) is 3.07. The summed E-state index contributed by atoms with van der Waals surface area (Å²) in [4.78, 5) is 14.2. The Hall–Kier alpha value is -1.51. The van der Waals surface area contributed by atoms with Gasteiger partial charge in [-0.15, -0.1) is 0 Å². The highest BCUT2D eigenvalue weighted by Crippen LogP contribution is 2.35. The van der Waals surface area contributed by atoms with Crippen molar-refractivity contribution in [2.24, 2.45) is 11.8 Å². The molecule has 1 N–H and O–H groups in total. The molecule has 0 aromatic heterocycles. The van der Waals surface area contributed by atoms with Gasteiger partial charge in [0.15, 0.2) is 0 Å². The van der Waals surface area contributed by atoms with Crippen molar-refractivity contribution < 1.29 is 4.79 Å². The maximum atomic E-state index is 12.2. The Morgan fingerprint density at radius 1 is 1.10 bits per heavy atom. The SMILES string of the molecule is O=C(NCCc1ccccc1)N1CC2CCCCC2C1. The Labute approximate surface area is 121 Å². The average molecular weight is 272 g/mol. The lowest BCUT2D eigenvalue weighted by Crippen LogP contribution is -2.39. The van der Waals surface area contributed by atoms with Gasteiger partial charge in [0.1, 0.15) is 0 Å². The van der Waals surface area contributed by atoms with Crippen LogP contribution in [-0.4, -0.2) is 30.6 Å². The van der Waals surface area contributed by atoms with Gasteiger partial charge in [-0.1, -0.05) is 43.2 Å². The van der Waals surface area contributed by atoms with E-state index in [0.717, 1.165) is 37.9 Å². The minimum Gasteiger partial charge on any atom is -0.338 e. The maximum Gasteiger partial charge on any atom is 0.317 e. The molecular formula is C17H24N2O. The standard InChI is InChI=1S/C17H24N2O/c20-17(18-11-10-14-6-2-1-3-7-14)19-12-15-8-4-5-9-16(15)13-19/h1-3,6-7,15-16H,4-5,8-13H2,(H,18,20). The van der Waals surface area contributed by atoms with E-state index in [-0.39, 0.29) is 6.03 Å². The first-order valence-electron chi connectivity index (χ1n) is 7.89. The van der Waals surface area contributed by atoms with Crippen LogP contribution in [0.2, 0.25) is 0 Å². The molecule has 1 aromatic rings. The van der Waals surface area contributed by atoms with E-state index in [0.29, 0.717) is 0 Å². The van der Waals surface area contributed by atoms with Crippen molar-refractivity contribution in [3.63, 3.8) is 0 Å². The highest BCUT2D eigenvalue weighted by molar-refractivity contribution is 5.74. The van der Waals surface area contributed by atoms with Gasteiger partial charge >= 0.3 is 6.03 Å². The first-order valence-corrected chi connectivity index (χ1v) is 7.89. The summed E-state index contributed by atoms with van der Waals surface area (Å²) in [5.74, 6) is 1.53. The summed E-state index contributed by atoms with van der Waals surface area (Å²) < 4.78 is 0. The Balaban J connectivity index is 1.43. The minimum absolute atomic E-state index is 0.135. The lowest BCUT2D eigenvalue weighted by molar-refractivity contribution is 0.206. The van der Waals surface area contributed by atoms with Crippen LogP contribution < -0.4 is 5.32 Å². The molecule has 2 atom stereocenters. The molecular weight excluding hydrogens is 248 g/mol. The molecule has 2 fully saturated rings. The van der Waals surface area contributed by atoms with Gasteiger partial charge in [0.25, 0.3) is 0 Å². The lowest BCUT2D eigenvalue weighted by Gasteiger charge is -2.22. The molecule has 1 heterocycles. The van der Waals surface area contributed by atoms with Gasteiger partial charge in [-0.05, 0) is 36.7 Å². The number of carbonyl (C=O) groups is 1. The molecule has 3 nitrogen and oxygen atoms in total. The van der Waals surface area contributed by atoms with Gasteiger partial charge in [0, 0.05) is 19.6 Å². The molecule has 20 heavy (non-hydrogen) atoms. The number of nitrogens with zero attached hydrogens (tertiary/aromatic N) is 1. The van der Waals surface area contributed by atoms with Gasteiger partial charge in [0.2, 0.25) is 0 Å². The molecule has 0 radical (unpaired) electrons. The summed E-state index contributed by atoms with van der Waals surface area (Å²) in [7, 11) is 0. The third-order valence-electron chi connectivity index (χ3n) is 4.80. The smallest absolute Gasteiger partial charge is 0.317 e. The van der Waals surface area contributed by atoms with Crippen LogP contribution in [0, 0.1) is 11.8 Å². The van der Waals surface area contributed by atoms with Crippen LogP contribution in [0.1, 0.15) is 31.2 Å². The van der Waals surface area contributed by atoms with E-state index in [1.54, 1.807) is 0 Å². The molecule has 1 saturated carbocycles. The van der Waals surface area contributed by atoms with Crippen molar-refractivity contribution in [2.75, 3.05) is 19.6 Å². The van der Waals surface area contributed by atoms with E-state index in [9.17, 15) is 4.79 Å². The number of carbonyl (C=O) groups excluding carboxylic acids is 1. The lowest BCUT2D eigenvalue weighted by atomic mass is 9.82. The Bertz CT molecular complexity index is 432. The first-order chi connectivity index (χ1) is 9.83. The zero-order valence-corrected chi connectivity index (χ0v) is 12.1. The number of fused-ring (bicyclic) bond motifs is 1. The van der Waals surface area contributed by atoms with E-state index in [2.05, 4.69) is 17.4 Å². The van der Waals surface area contributed by atoms with Crippen LogP contribution in [-0.2, 0) is 6.42 Å². The third kappa shape index (κ3) is 3.14. The summed E-state index contributed by atoms with van der Waals surface area (Å²) in [6.45, 7) is 2.68. The average Bonchev–Trinajstić information content (AvgIpc) is 2.92. The fraction of sp³-hybridized carbons (Fsp3) is 0.588. The van der Waals surface area contributed by atoms with Crippen molar-refractivity contribution in [1.82, 2.24) is 10.2 Å². The number of hydrogen-bond acceptors (Lipinski definition) is 1. The van der Waals surface area contributed by atoms with Crippen LogP contribution in [0.3, 0.4) is 0 Å². The normalized spacial score (nSPS) is 25.3. The van der Waals surface area contributed by atoms with Crippen LogP contribution in [0.15, 0.2) is 30.3 Å². The molecule has 2 amide bonds. The van der Waals surface area contributed by atoms with Gasteiger partial charge in [-0.25, -0.2) is 4.79 Å². The zero-order valence-electron chi connectivity index (χ0n) is 12.1. The number of likely N-dealkylation sites (tertiary alicyclic amines) is 1. The van der Waals surface area contributed by atoms with E-state index in [1.807, 2.05) is 23.1 Å². The maximum absolute atomic E-state index is 12.2. The molecule has 1 aliphatic carbocycles. The fourth-order valence-corrected chi connectivity index (χ4v) is 3.64. The second-order valence-electron chi connectivity index (χ2n) is 6.18. The Morgan fingerprint density at radius 3 is 2.40 bits per heavy atom. The number of amides is 2. The second-order valence-corrected chi connectivity index (χ2v) is 6.18. The predicted molar refractivity (Wildman–Crippen MR) is 80.6 cm³/mol. The molecule has 3 heteroatoms. The van der Waals surface area contributed by atoms with Crippen LogP contribution in [0.4, 0.5) is 4.79 Å². The molecule has 3 rings (SSSR count). The summed E-state index contributed by atoms with van der Waals surface area (Å²) in [6.07, 6.45) is 6.25. The van der Waals surface area contributed by atoms with Crippen LogP contribution in [0.5, 0.6) is 0 Å². The van der Waals surface area contributed by atoms with Gasteiger partial charge in [-0.2, -0.15) is 0 Å². The number of hydrogen-bond donors (Lipinski definition) is 1. The third-order valence-corrected chi connectivity index (χ3v) is 4.80. The zero-order chi connectivity index (χ0) is 13.8. The molecule has 1 aromatic carbocycles. The predicted octanol–water partition coefficient (Wildman–Crippen LogP) is 3.06.